The summed E-state index contributed by atoms with van der Waals surface area (Å²) in [5.41, 5.74) is 10.3. The van der Waals surface area contributed by atoms with Gasteiger partial charge in [-0.05, 0) is 6.92 Å². The van der Waals surface area contributed by atoms with Crippen LogP contribution in [-0.4, -0.2) is 82.3 Å². The summed E-state index contributed by atoms with van der Waals surface area (Å²) >= 11 is 0. The predicted octanol–water partition coefficient (Wildman–Crippen LogP) is -5.27. The molecule has 4 unspecified atom stereocenters. The highest BCUT2D eigenvalue weighted by Gasteiger charge is 2.30. The Kier molecular flexibility index (Phi) is 9.80. The van der Waals surface area contributed by atoms with E-state index in [4.69, 9.17) is 21.7 Å². The van der Waals surface area contributed by atoms with Crippen molar-refractivity contribution in [2.24, 2.45) is 11.5 Å². The van der Waals surface area contributed by atoms with E-state index in [0.29, 0.717) is 0 Å². The number of aliphatic hydroxyl groups excluding tert-OH is 2. The second-order valence-electron chi connectivity index (χ2n) is 5.35. The van der Waals surface area contributed by atoms with Gasteiger partial charge in [-0.25, -0.2) is 4.79 Å². The lowest BCUT2D eigenvalue weighted by molar-refractivity contribution is -0.143. The highest BCUT2D eigenvalue weighted by atomic mass is 16.4. The lowest BCUT2D eigenvalue weighted by Gasteiger charge is -2.23. The van der Waals surface area contributed by atoms with Gasteiger partial charge in [0.05, 0.1) is 25.7 Å². The van der Waals surface area contributed by atoms with Crippen LogP contribution in [-0.2, 0) is 24.0 Å². The molecule has 0 spiro atoms. The number of hydrogen-bond acceptors (Lipinski definition) is 8. The quantitative estimate of drug-likeness (QED) is 0.171. The summed E-state index contributed by atoms with van der Waals surface area (Å²) in [5, 5.41) is 33.0. The average molecular weight is 377 g/mol. The molecule has 13 heteroatoms. The second kappa shape index (κ2) is 11.0. The first-order valence-corrected chi connectivity index (χ1v) is 7.43. The third-order valence-electron chi connectivity index (χ3n) is 3.06. The molecule has 4 amide bonds. The Morgan fingerprint density at radius 1 is 0.846 bits per heavy atom. The van der Waals surface area contributed by atoms with Crippen LogP contribution in [0.3, 0.4) is 0 Å². The number of carboxylic acid groups (broad SMARTS) is 1. The van der Waals surface area contributed by atoms with Crippen LogP contribution in [0.4, 0.5) is 0 Å². The molecule has 0 aliphatic heterocycles. The van der Waals surface area contributed by atoms with Gasteiger partial charge in [0.25, 0.3) is 0 Å². The van der Waals surface area contributed by atoms with E-state index < -0.39 is 73.4 Å². The van der Waals surface area contributed by atoms with E-state index in [1.807, 2.05) is 5.32 Å². The fourth-order valence-electron chi connectivity index (χ4n) is 1.64. The number of primary amides is 1. The molecule has 0 aliphatic rings. The van der Waals surface area contributed by atoms with Gasteiger partial charge in [-0.3, -0.25) is 19.2 Å². The normalized spacial score (nSPS) is 15.1. The number of aliphatic hydroxyl groups is 2. The van der Waals surface area contributed by atoms with E-state index in [2.05, 4.69) is 10.6 Å². The van der Waals surface area contributed by atoms with E-state index in [9.17, 15) is 29.1 Å². The lowest BCUT2D eigenvalue weighted by Crippen LogP contribution is -2.58. The first-order valence-electron chi connectivity index (χ1n) is 7.43. The fourth-order valence-corrected chi connectivity index (χ4v) is 1.64. The molecule has 0 rings (SSSR count). The summed E-state index contributed by atoms with van der Waals surface area (Å²) in [6.45, 7) is -0.419. The molecule has 10 N–H and O–H groups in total. The third-order valence-corrected chi connectivity index (χ3v) is 3.06. The smallest absolute Gasteiger partial charge is 0.328 e. The summed E-state index contributed by atoms with van der Waals surface area (Å²) in [4.78, 5) is 57.6. The third kappa shape index (κ3) is 7.87. The Morgan fingerprint density at radius 2 is 1.27 bits per heavy atom. The monoisotopic (exact) mass is 377 g/mol. The number of carbonyl (C=O) groups is 5. The number of carbonyl (C=O) groups excluding carboxylic acids is 4. The van der Waals surface area contributed by atoms with Crippen molar-refractivity contribution < 1.29 is 39.3 Å². The van der Waals surface area contributed by atoms with Crippen molar-refractivity contribution in [1.82, 2.24) is 16.0 Å². The zero-order valence-electron chi connectivity index (χ0n) is 14.0. The van der Waals surface area contributed by atoms with Crippen molar-refractivity contribution in [3.63, 3.8) is 0 Å². The minimum absolute atomic E-state index is 0.686. The van der Waals surface area contributed by atoms with Crippen LogP contribution in [0, 0.1) is 0 Å². The lowest BCUT2D eigenvalue weighted by atomic mass is 10.1. The van der Waals surface area contributed by atoms with Crippen LogP contribution in [0.5, 0.6) is 0 Å². The second-order valence-corrected chi connectivity index (χ2v) is 5.35. The van der Waals surface area contributed by atoms with Gasteiger partial charge in [0.15, 0.2) is 0 Å². The highest BCUT2D eigenvalue weighted by Crippen LogP contribution is 1.97. The highest BCUT2D eigenvalue weighted by molar-refractivity contribution is 5.96. The molecule has 0 heterocycles. The van der Waals surface area contributed by atoms with Crippen LogP contribution in [0.1, 0.15) is 13.3 Å². The molecule has 0 aromatic heterocycles. The van der Waals surface area contributed by atoms with Crippen LogP contribution < -0.4 is 27.4 Å². The van der Waals surface area contributed by atoms with Crippen LogP contribution in [0.2, 0.25) is 0 Å². The van der Waals surface area contributed by atoms with Crippen molar-refractivity contribution in [3.8, 4) is 0 Å². The van der Waals surface area contributed by atoms with Crippen molar-refractivity contribution in [2.45, 2.75) is 37.5 Å². The molecule has 26 heavy (non-hydrogen) atoms. The Hall–Kier alpha value is -2.77. The molecular formula is C13H23N5O8. The van der Waals surface area contributed by atoms with Gasteiger partial charge in [-0.15, -0.1) is 0 Å². The molecule has 0 aromatic rings. The molecular weight excluding hydrogens is 354 g/mol. The maximum absolute atomic E-state index is 12.1. The number of nitrogens with two attached hydrogens (primary N) is 2. The van der Waals surface area contributed by atoms with Crippen molar-refractivity contribution in [3.05, 3.63) is 0 Å². The summed E-state index contributed by atoms with van der Waals surface area (Å²) < 4.78 is 0. The predicted molar refractivity (Wildman–Crippen MR) is 85.1 cm³/mol. The summed E-state index contributed by atoms with van der Waals surface area (Å²) in [5.74, 6) is -5.40. The first kappa shape index (κ1) is 23.2. The van der Waals surface area contributed by atoms with Gasteiger partial charge in [0.2, 0.25) is 23.6 Å². The molecule has 0 saturated heterocycles. The average Bonchev–Trinajstić information content (AvgIpc) is 2.55. The first-order chi connectivity index (χ1) is 12.0. The maximum Gasteiger partial charge on any atom is 0.328 e. The maximum atomic E-state index is 12.1. The molecule has 0 aliphatic carbocycles. The van der Waals surface area contributed by atoms with E-state index >= 15 is 0 Å². The van der Waals surface area contributed by atoms with Crippen LogP contribution in [0.15, 0.2) is 0 Å². The molecule has 4 atom stereocenters. The molecule has 0 fully saturated rings. The molecule has 0 aromatic carbocycles. The number of carboxylic acids is 1. The summed E-state index contributed by atoms with van der Waals surface area (Å²) in [6, 6.07) is -5.69. The van der Waals surface area contributed by atoms with Gasteiger partial charge in [0, 0.05) is 0 Å². The van der Waals surface area contributed by atoms with Gasteiger partial charge in [-0.2, -0.15) is 0 Å². The summed E-state index contributed by atoms with van der Waals surface area (Å²) in [7, 11) is 0. The fraction of sp³-hybridized carbons (Fsp3) is 0.615. The van der Waals surface area contributed by atoms with E-state index in [1.54, 1.807) is 0 Å². The molecule has 0 saturated carbocycles. The van der Waals surface area contributed by atoms with E-state index in [0.717, 1.165) is 0 Å². The Labute approximate surface area is 148 Å². The topological polar surface area (TPSA) is 234 Å². The Morgan fingerprint density at radius 3 is 1.65 bits per heavy atom. The van der Waals surface area contributed by atoms with Gasteiger partial charge < -0.3 is 42.7 Å². The molecule has 148 valence electrons. The van der Waals surface area contributed by atoms with Crippen molar-refractivity contribution >= 4 is 29.6 Å². The van der Waals surface area contributed by atoms with Gasteiger partial charge >= 0.3 is 5.97 Å². The number of nitrogens with one attached hydrogen (secondary N) is 3. The van der Waals surface area contributed by atoms with Crippen LogP contribution in [0.25, 0.3) is 0 Å². The SMILES string of the molecule is CC(N)C(=O)NC(CO)C(=O)NC(CC(N)=O)C(=O)NC(CO)C(=O)O. The number of hydrogen-bond donors (Lipinski definition) is 8. The number of amides is 4. The Balaban J connectivity index is 5.15. The zero-order chi connectivity index (χ0) is 20.4. The Bertz CT molecular complexity index is 553. The molecule has 13 nitrogen and oxygen atoms in total. The van der Waals surface area contributed by atoms with E-state index in [-0.39, 0.29) is 0 Å². The van der Waals surface area contributed by atoms with E-state index in [1.165, 1.54) is 6.92 Å². The van der Waals surface area contributed by atoms with Crippen molar-refractivity contribution in [2.75, 3.05) is 13.2 Å². The van der Waals surface area contributed by atoms with Gasteiger partial charge in [0.1, 0.15) is 18.1 Å². The summed E-state index contributed by atoms with van der Waals surface area (Å²) in [6.07, 6.45) is -0.686. The minimum Gasteiger partial charge on any atom is -0.480 e. The zero-order valence-corrected chi connectivity index (χ0v) is 14.0. The standard InChI is InChI=1S/C13H23N5O8/c1-5(14)10(22)17-7(3-19)12(24)16-6(2-9(15)21)11(23)18-8(4-20)13(25)26/h5-8,19-20H,2-4,14H2,1H3,(H2,15,21)(H,16,24)(H,17,22)(H,18,23)(H,25,26). The van der Waals surface area contributed by atoms with Crippen LogP contribution >= 0.6 is 0 Å². The van der Waals surface area contributed by atoms with Crippen molar-refractivity contribution in [1.29, 1.82) is 0 Å². The molecule has 0 radical (unpaired) electrons. The molecule has 0 bridgehead atoms. The number of rotatable bonds is 11. The van der Waals surface area contributed by atoms with Gasteiger partial charge in [-0.1, -0.05) is 0 Å². The number of aliphatic carboxylic acids is 1. The minimum atomic E-state index is -1.67. The largest absolute Gasteiger partial charge is 0.480 e.